The summed E-state index contributed by atoms with van der Waals surface area (Å²) in [6.07, 6.45) is 1.88. The van der Waals surface area contributed by atoms with E-state index in [0.717, 1.165) is 19.4 Å². The van der Waals surface area contributed by atoms with Gasteiger partial charge in [-0.25, -0.2) is 0 Å². The second-order valence-electron chi connectivity index (χ2n) is 7.47. The summed E-state index contributed by atoms with van der Waals surface area (Å²) in [5.74, 6) is 1.59. The molecule has 3 fully saturated rings. The van der Waals surface area contributed by atoms with Crippen LogP contribution in [0.25, 0.3) is 0 Å². The van der Waals surface area contributed by atoms with Gasteiger partial charge in [0, 0.05) is 6.54 Å². The molecule has 2 bridgehead atoms. The maximum Gasteiger partial charge on any atom is 0.240 e. The van der Waals surface area contributed by atoms with Gasteiger partial charge in [0.1, 0.15) is 0 Å². The highest BCUT2D eigenvalue weighted by atomic mass is 16.3. The van der Waals surface area contributed by atoms with Crippen molar-refractivity contribution >= 4 is 5.91 Å². The highest BCUT2D eigenvalue weighted by Crippen LogP contribution is 2.55. The van der Waals surface area contributed by atoms with E-state index in [2.05, 4.69) is 0 Å². The van der Waals surface area contributed by atoms with Gasteiger partial charge in [0.05, 0.1) is 18.2 Å². The Hall–Kier alpha value is -0.610. The molecule has 18 heavy (non-hydrogen) atoms. The van der Waals surface area contributed by atoms with Crippen LogP contribution in [0.3, 0.4) is 0 Å². The minimum absolute atomic E-state index is 0.0293. The highest BCUT2D eigenvalue weighted by molar-refractivity contribution is 5.83. The molecule has 0 aromatic rings. The van der Waals surface area contributed by atoms with Gasteiger partial charge in [-0.05, 0) is 36.0 Å². The summed E-state index contributed by atoms with van der Waals surface area (Å²) in [6.45, 7) is 6.79. The molecule has 3 N–H and O–H groups in total. The number of rotatable bonds is 1. The summed E-state index contributed by atoms with van der Waals surface area (Å²) in [7, 11) is 0. The molecule has 1 amide bonds. The van der Waals surface area contributed by atoms with E-state index in [-0.39, 0.29) is 23.5 Å². The fourth-order valence-corrected chi connectivity index (χ4v) is 4.22. The zero-order valence-electron chi connectivity index (χ0n) is 11.5. The molecular formula is C14H24N2O2. The number of carbonyl (C=O) groups excluding carboxylic acids is 1. The number of fused-ring (bicyclic) bond motifs is 1. The number of likely N-dealkylation sites (tertiary alicyclic amines) is 1. The fourth-order valence-electron chi connectivity index (χ4n) is 4.22. The third kappa shape index (κ3) is 1.55. The van der Waals surface area contributed by atoms with Crippen molar-refractivity contribution in [3.05, 3.63) is 0 Å². The van der Waals surface area contributed by atoms with Crippen molar-refractivity contribution in [1.82, 2.24) is 4.90 Å². The van der Waals surface area contributed by atoms with Gasteiger partial charge < -0.3 is 15.7 Å². The van der Waals surface area contributed by atoms with E-state index in [4.69, 9.17) is 5.73 Å². The molecule has 3 rings (SSSR count). The van der Waals surface area contributed by atoms with Gasteiger partial charge in [0.25, 0.3) is 0 Å². The number of hydrogen-bond acceptors (Lipinski definition) is 3. The van der Waals surface area contributed by atoms with Crippen LogP contribution in [0.4, 0.5) is 0 Å². The first-order valence-electron chi connectivity index (χ1n) is 7.05. The van der Waals surface area contributed by atoms with E-state index < -0.39 is 6.04 Å². The van der Waals surface area contributed by atoms with Crippen molar-refractivity contribution in [1.29, 1.82) is 0 Å². The molecule has 1 saturated heterocycles. The van der Waals surface area contributed by atoms with Gasteiger partial charge in [-0.3, -0.25) is 4.79 Å². The molecule has 0 radical (unpaired) electrons. The normalized spacial score (nSPS) is 43.6. The van der Waals surface area contributed by atoms with Crippen LogP contribution in [0.15, 0.2) is 0 Å². The van der Waals surface area contributed by atoms with Crippen LogP contribution in [-0.2, 0) is 4.79 Å². The Morgan fingerprint density at radius 3 is 2.56 bits per heavy atom. The van der Waals surface area contributed by atoms with E-state index in [1.54, 1.807) is 0 Å². The lowest BCUT2D eigenvalue weighted by molar-refractivity contribution is -0.137. The van der Waals surface area contributed by atoms with Gasteiger partial charge in [0.15, 0.2) is 0 Å². The first kappa shape index (κ1) is 12.4. The molecule has 4 nitrogen and oxygen atoms in total. The Morgan fingerprint density at radius 2 is 2.00 bits per heavy atom. The lowest BCUT2D eigenvalue weighted by Crippen LogP contribution is -2.54. The molecule has 2 saturated carbocycles. The van der Waals surface area contributed by atoms with Crippen LogP contribution < -0.4 is 5.73 Å². The van der Waals surface area contributed by atoms with E-state index in [1.807, 2.05) is 25.7 Å². The Kier molecular flexibility index (Phi) is 2.55. The molecule has 4 heteroatoms. The molecule has 1 aliphatic heterocycles. The van der Waals surface area contributed by atoms with Crippen molar-refractivity contribution in [2.75, 3.05) is 6.54 Å². The summed E-state index contributed by atoms with van der Waals surface area (Å²) >= 11 is 0. The SMILES string of the molecule is CC(C)(C)[C@@H](N)C(=O)N1CC2CC3CC2C1C3O. The van der Waals surface area contributed by atoms with Gasteiger partial charge in [-0.2, -0.15) is 0 Å². The van der Waals surface area contributed by atoms with Crippen LogP contribution in [0.5, 0.6) is 0 Å². The smallest absolute Gasteiger partial charge is 0.240 e. The second kappa shape index (κ2) is 3.70. The van der Waals surface area contributed by atoms with Gasteiger partial charge >= 0.3 is 0 Å². The van der Waals surface area contributed by atoms with Crippen LogP contribution in [0.1, 0.15) is 33.6 Å². The van der Waals surface area contributed by atoms with Crippen LogP contribution in [0.2, 0.25) is 0 Å². The number of nitrogens with zero attached hydrogens (tertiary/aromatic N) is 1. The minimum Gasteiger partial charge on any atom is -0.391 e. The lowest BCUT2D eigenvalue weighted by atomic mass is 9.86. The Balaban J connectivity index is 1.81. The maximum absolute atomic E-state index is 12.5. The molecule has 0 spiro atoms. The predicted molar refractivity (Wildman–Crippen MR) is 68.6 cm³/mol. The first-order chi connectivity index (χ1) is 8.30. The lowest BCUT2D eigenvalue weighted by Gasteiger charge is -2.34. The van der Waals surface area contributed by atoms with Gasteiger partial charge in [-0.15, -0.1) is 0 Å². The van der Waals surface area contributed by atoms with Crippen LogP contribution in [-0.4, -0.2) is 40.6 Å². The van der Waals surface area contributed by atoms with Crippen molar-refractivity contribution in [2.45, 2.75) is 51.8 Å². The summed E-state index contributed by atoms with van der Waals surface area (Å²) in [5, 5.41) is 10.3. The quantitative estimate of drug-likeness (QED) is 0.717. The largest absolute Gasteiger partial charge is 0.391 e. The van der Waals surface area contributed by atoms with Crippen molar-refractivity contribution in [3.63, 3.8) is 0 Å². The van der Waals surface area contributed by atoms with E-state index >= 15 is 0 Å². The second-order valence-corrected chi connectivity index (χ2v) is 7.47. The Morgan fingerprint density at radius 1 is 1.33 bits per heavy atom. The van der Waals surface area contributed by atoms with E-state index in [0.29, 0.717) is 17.8 Å². The van der Waals surface area contributed by atoms with E-state index in [1.165, 1.54) is 0 Å². The molecule has 3 aliphatic rings. The molecule has 102 valence electrons. The Bertz CT molecular complexity index is 374. The molecule has 0 aromatic carbocycles. The molecule has 0 aromatic heterocycles. The van der Waals surface area contributed by atoms with Crippen LogP contribution >= 0.6 is 0 Å². The zero-order chi connectivity index (χ0) is 13.2. The van der Waals surface area contributed by atoms with E-state index in [9.17, 15) is 9.90 Å². The summed E-state index contributed by atoms with van der Waals surface area (Å²) < 4.78 is 0. The molecule has 5 unspecified atom stereocenters. The van der Waals surface area contributed by atoms with Gasteiger partial charge in [-0.1, -0.05) is 20.8 Å². The molecular weight excluding hydrogens is 228 g/mol. The first-order valence-corrected chi connectivity index (χ1v) is 7.05. The fraction of sp³-hybridized carbons (Fsp3) is 0.929. The zero-order valence-corrected chi connectivity index (χ0v) is 11.5. The van der Waals surface area contributed by atoms with Gasteiger partial charge in [0.2, 0.25) is 5.91 Å². The predicted octanol–water partition coefficient (Wildman–Crippen LogP) is 0.587. The molecule has 6 atom stereocenters. The third-order valence-corrected chi connectivity index (χ3v) is 5.33. The number of amides is 1. The molecule has 1 heterocycles. The minimum atomic E-state index is -0.471. The van der Waals surface area contributed by atoms with Crippen molar-refractivity contribution < 1.29 is 9.90 Å². The number of nitrogens with two attached hydrogens (primary N) is 1. The number of aliphatic hydroxyl groups excluding tert-OH is 1. The average molecular weight is 252 g/mol. The maximum atomic E-state index is 12.5. The monoisotopic (exact) mass is 252 g/mol. The number of hydrogen-bond donors (Lipinski definition) is 2. The Labute approximate surface area is 109 Å². The average Bonchev–Trinajstić information content (AvgIpc) is 2.85. The summed E-state index contributed by atoms with van der Waals surface area (Å²) in [5.41, 5.74) is 5.87. The van der Waals surface area contributed by atoms with Crippen molar-refractivity contribution in [2.24, 2.45) is 28.9 Å². The summed E-state index contributed by atoms with van der Waals surface area (Å²) in [4.78, 5) is 14.4. The highest BCUT2D eigenvalue weighted by Gasteiger charge is 2.60. The number of aliphatic hydroxyl groups is 1. The topological polar surface area (TPSA) is 66.6 Å². The van der Waals surface area contributed by atoms with Crippen molar-refractivity contribution in [3.8, 4) is 0 Å². The third-order valence-electron chi connectivity index (χ3n) is 5.33. The number of carbonyl (C=O) groups is 1. The molecule has 2 aliphatic carbocycles. The summed E-state index contributed by atoms with van der Waals surface area (Å²) in [6, 6.07) is -0.420. The van der Waals surface area contributed by atoms with Crippen LogP contribution in [0, 0.1) is 23.2 Å². The standard InChI is InChI=1S/C14H24N2O2/c1-14(2,3)12(15)13(18)16-6-8-4-7-5-9(8)10(16)11(7)17/h7-12,17H,4-6,15H2,1-3H3/t7?,8?,9?,10?,11?,12-/m0/s1.